The van der Waals surface area contributed by atoms with Gasteiger partial charge in [0, 0.05) is 18.1 Å². The molecule has 1 aromatic rings. The van der Waals surface area contributed by atoms with Gasteiger partial charge in [0.15, 0.2) is 0 Å². The summed E-state index contributed by atoms with van der Waals surface area (Å²) in [6, 6.07) is 3.39. The van der Waals surface area contributed by atoms with Crippen LogP contribution in [0.2, 0.25) is 5.02 Å². The molecular weight excluding hydrogens is 420 g/mol. The van der Waals surface area contributed by atoms with E-state index in [2.05, 4.69) is 11.8 Å². The molecule has 31 heavy (non-hydrogen) atoms. The van der Waals surface area contributed by atoms with Gasteiger partial charge in [0.25, 0.3) is 0 Å². The van der Waals surface area contributed by atoms with Crippen LogP contribution in [0, 0.1) is 11.8 Å². The number of piperidine rings is 2. The van der Waals surface area contributed by atoms with Crippen LogP contribution >= 0.6 is 11.6 Å². The first-order valence-corrected chi connectivity index (χ1v) is 11.0. The number of rotatable bonds is 5. The minimum Gasteiger partial charge on any atom is -0.504 e. The zero-order valence-corrected chi connectivity index (χ0v) is 19.1. The largest absolute Gasteiger partial charge is 0.504 e. The number of methoxy groups -OCH3 is 3. The molecule has 4 atom stereocenters. The van der Waals surface area contributed by atoms with Crippen molar-refractivity contribution in [1.82, 2.24) is 4.90 Å². The van der Waals surface area contributed by atoms with Crippen molar-refractivity contribution in [3.8, 4) is 5.75 Å². The van der Waals surface area contributed by atoms with Gasteiger partial charge in [-0.15, -0.1) is 0 Å². The summed E-state index contributed by atoms with van der Waals surface area (Å²) in [6.07, 6.45) is 3.60. The molecule has 8 heteroatoms. The van der Waals surface area contributed by atoms with Crippen LogP contribution in [0.1, 0.15) is 31.7 Å². The number of halogens is 1. The van der Waals surface area contributed by atoms with E-state index >= 15 is 0 Å². The minimum atomic E-state index is -1.20. The Bertz CT molecular complexity index is 946. The van der Waals surface area contributed by atoms with Gasteiger partial charge in [-0.3, -0.25) is 9.89 Å². The topological polar surface area (TPSA) is 80.6 Å². The van der Waals surface area contributed by atoms with Crippen LogP contribution in [-0.4, -0.2) is 62.1 Å². The van der Waals surface area contributed by atoms with Crippen molar-refractivity contribution in [3.05, 3.63) is 34.6 Å². The maximum absolute atomic E-state index is 12.5. The van der Waals surface area contributed by atoms with Crippen molar-refractivity contribution < 1.29 is 24.1 Å². The second-order valence-corrected chi connectivity index (χ2v) is 8.87. The maximum Gasteiger partial charge on any atom is 0.337 e. The van der Waals surface area contributed by atoms with Gasteiger partial charge < -0.3 is 19.3 Å². The Morgan fingerprint density at radius 2 is 2.16 bits per heavy atom. The Morgan fingerprint density at radius 1 is 1.39 bits per heavy atom. The van der Waals surface area contributed by atoms with Crippen molar-refractivity contribution in [2.24, 2.45) is 16.8 Å². The molecule has 0 unspecified atom stereocenters. The number of aliphatic imine (C=N–C) groups is 1. The van der Waals surface area contributed by atoms with Crippen molar-refractivity contribution in [3.63, 3.8) is 0 Å². The van der Waals surface area contributed by atoms with E-state index in [4.69, 9.17) is 30.8 Å². The number of esters is 1. The third kappa shape index (κ3) is 3.52. The molecule has 7 nitrogen and oxygen atoms in total. The van der Waals surface area contributed by atoms with E-state index in [1.54, 1.807) is 19.2 Å². The van der Waals surface area contributed by atoms with Gasteiger partial charge in [-0.1, -0.05) is 24.9 Å². The van der Waals surface area contributed by atoms with E-state index < -0.39 is 5.60 Å². The molecule has 1 aromatic carbocycles. The standard InChI is InChI=1S/C23H29ClN2O5/c1-5-13-11-26-7-6-23(28)20-17(8-14(24)9-19(20)30-3)25-21(23)18(26)10-15(13)16(12-29-2)22(27)31-4/h8-9,12-13,15,18,28H,5-7,10-11H2,1-4H3/b16-12+/t13-,15+,18+,23+/m1/s1. The number of carbonyl (C=O) groups is 1. The van der Waals surface area contributed by atoms with E-state index in [1.807, 2.05) is 0 Å². The van der Waals surface area contributed by atoms with Crippen molar-refractivity contribution in [2.45, 2.75) is 37.8 Å². The molecule has 0 saturated carbocycles. The van der Waals surface area contributed by atoms with Gasteiger partial charge in [-0.25, -0.2) is 4.79 Å². The van der Waals surface area contributed by atoms with E-state index in [0.717, 1.165) is 19.5 Å². The highest BCUT2D eigenvalue weighted by Crippen LogP contribution is 2.52. The summed E-state index contributed by atoms with van der Waals surface area (Å²) in [5.74, 6) is 0.384. The SMILES string of the molecule is CC[C@@H]1CN2CC[C@@]3(O)C(=Nc4cc(Cl)cc(OC)c43)[C@@H]2C[C@@H]1/C(=C\OC)C(=O)OC. The molecule has 0 amide bonds. The molecule has 0 spiro atoms. The van der Waals surface area contributed by atoms with Crippen LogP contribution in [0.4, 0.5) is 5.69 Å². The van der Waals surface area contributed by atoms with Crippen LogP contribution < -0.4 is 4.74 Å². The summed E-state index contributed by atoms with van der Waals surface area (Å²) < 4.78 is 15.8. The summed E-state index contributed by atoms with van der Waals surface area (Å²) in [6.45, 7) is 3.68. The van der Waals surface area contributed by atoms with Gasteiger partial charge in [0.1, 0.15) is 11.4 Å². The van der Waals surface area contributed by atoms with Crippen LogP contribution in [-0.2, 0) is 19.9 Å². The highest BCUT2D eigenvalue weighted by molar-refractivity contribution is 6.31. The fourth-order valence-electron chi connectivity index (χ4n) is 5.49. The quantitative estimate of drug-likeness (QED) is 0.422. The maximum atomic E-state index is 12.5. The Balaban J connectivity index is 1.74. The molecule has 0 aliphatic carbocycles. The predicted molar refractivity (Wildman–Crippen MR) is 118 cm³/mol. The number of hydrogen-bond donors (Lipinski definition) is 1. The average Bonchev–Trinajstić information content (AvgIpc) is 3.08. The van der Waals surface area contributed by atoms with Crippen molar-refractivity contribution >= 4 is 29.0 Å². The lowest BCUT2D eigenvalue weighted by Crippen LogP contribution is -2.60. The van der Waals surface area contributed by atoms with Gasteiger partial charge in [0.05, 0.1) is 56.2 Å². The van der Waals surface area contributed by atoms with Crippen molar-refractivity contribution in [2.75, 3.05) is 34.4 Å². The second kappa shape index (κ2) is 8.45. The van der Waals surface area contributed by atoms with Gasteiger partial charge in [-0.05, 0) is 36.8 Å². The molecule has 4 rings (SSSR count). The lowest BCUT2D eigenvalue weighted by atomic mass is 9.70. The summed E-state index contributed by atoms with van der Waals surface area (Å²) in [5.41, 5.74) is 1.37. The third-order valence-corrected chi connectivity index (χ3v) is 7.18. The van der Waals surface area contributed by atoms with Crippen LogP contribution in [0.25, 0.3) is 0 Å². The summed E-state index contributed by atoms with van der Waals surface area (Å²) in [5, 5.41) is 12.3. The minimum absolute atomic E-state index is 0.0575. The van der Waals surface area contributed by atoms with E-state index in [-0.39, 0.29) is 23.8 Å². The molecule has 2 fully saturated rings. The van der Waals surface area contributed by atoms with Crippen molar-refractivity contribution in [1.29, 1.82) is 0 Å². The van der Waals surface area contributed by atoms with Crippen LogP contribution in [0.3, 0.4) is 0 Å². The molecule has 168 valence electrons. The van der Waals surface area contributed by atoms with E-state index in [9.17, 15) is 9.90 Å². The zero-order chi connectivity index (χ0) is 22.3. The lowest BCUT2D eigenvalue weighted by molar-refractivity contribution is -0.137. The number of fused-ring (bicyclic) bond motifs is 5. The Kier molecular flexibility index (Phi) is 6.03. The molecule has 3 aliphatic heterocycles. The number of aliphatic hydroxyl groups is 1. The summed E-state index contributed by atoms with van der Waals surface area (Å²) in [4.78, 5) is 19.7. The smallest absolute Gasteiger partial charge is 0.337 e. The predicted octanol–water partition coefficient (Wildman–Crippen LogP) is 3.45. The van der Waals surface area contributed by atoms with E-state index in [0.29, 0.717) is 46.1 Å². The number of hydrogen-bond acceptors (Lipinski definition) is 7. The second-order valence-electron chi connectivity index (χ2n) is 8.43. The fourth-order valence-corrected chi connectivity index (χ4v) is 5.69. The van der Waals surface area contributed by atoms with Crippen LogP contribution in [0.15, 0.2) is 29.0 Å². The van der Waals surface area contributed by atoms with Gasteiger partial charge >= 0.3 is 5.97 Å². The molecular formula is C23H29ClN2O5. The van der Waals surface area contributed by atoms with Gasteiger partial charge in [-0.2, -0.15) is 0 Å². The first kappa shape index (κ1) is 22.1. The average molecular weight is 449 g/mol. The normalized spacial score (nSPS) is 30.1. The number of ether oxygens (including phenoxy) is 3. The highest BCUT2D eigenvalue weighted by atomic mass is 35.5. The Morgan fingerprint density at radius 3 is 2.81 bits per heavy atom. The molecule has 3 heterocycles. The molecule has 2 saturated heterocycles. The van der Waals surface area contributed by atoms with E-state index in [1.165, 1.54) is 20.5 Å². The molecule has 0 aromatic heterocycles. The third-order valence-electron chi connectivity index (χ3n) is 6.97. The van der Waals surface area contributed by atoms with Gasteiger partial charge in [0.2, 0.25) is 0 Å². The highest BCUT2D eigenvalue weighted by Gasteiger charge is 2.54. The monoisotopic (exact) mass is 448 g/mol. The summed E-state index contributed by atoms with van der Waals surface area (Å²) >= 11 is 6.26. The number of nitrogens with zero attached hydrogens (tertiary/aromatic N) is 2. The lowest BCUT2D eigenvalue weighted by Gasteiger charge is -2.50. The van der Waals surface area contributed by atoms with Crippen LogP contribution in [0.5, 0.6) is 5.75 Å². The Labute approximate surface area is 187 Å². The molecule has 0 bridgehead atoms. The number of carbonyl (C=O) groups excluding carboxylic acids is 1. The zero-order valence-electron chi connectivity index (χ0n) is 18.4. The first-order valence-electron chi connectivity index (χ1n) is 10.6. The number of benzene rings is 1. The fraction of sp³-hybridized carbons (Fsp3) is 0.565. The molecule has 3 aliphatic rings. The first-order chi connectivity index (χ1) is 14.9. The molecule has 0 radical (unpaired) electrons. The molecule has 1 N–H and O–H groups in total. The Hall–Kier alpha value is -2.09. The summed E-state index contributed by atoms with van der Waals surface area (Å²) in [7, 11) is 4.49.